The minimum Gasteiger partial charge on any atom is -0.406 e. The van der Waals surface area contributed by atoms with Gasteiger partial charge in [-0.3, -0.25) is 0 Å². The van der Waals surface area contributed by atoms with Crippen LogP contribution in [0.1, 0.15) is 5.56 Å². The van der Waals surface area contributed by atoms with Crippen molar-refractivity contribution in [2.24, 2.45) is 0 Å². The lowest BCUT2D eigenvalue weighted by Crippen LogP contribution is -2.16. The van der Waals surface area contributed by atoms with Crippen molar-refractivity contribution in [1.82, 2.24) is 0 Å². The van der Waals surface area contributed by atoms with Crippen LogP contribution in [0.2, 0.25) is 5.02 Å². The third-order valence-electron chi connectivity index (χ3n) is 2.51. The molecule has 112 valence electrons. The van der Waals surface area contributed by atoms with E-state index < -0.39 is 6.36 Å². The Morgan fingerprint density at radius 2 is 1.76 bits per heavy atom. The van der Waals surface area contributed by atoms with Crippen molar-refractivity contribution < 1.29 is 17.9 Å². The van der Waals surface area contributed by atoms with Crippen LogP contribution in [0.3, 0.4) is 0 Å². The maximum absolute atomic E-state index is 12.0. The fourth-order valence-electron chi connectivity index (χ4n) is 1.58. The van der Waals surface area contributed by atoms with E-state index in [2.05, 4.69) is 4.74 Å². The van der Waals surface area contributed by atoms with Gasteiger partial charge in [0, 0.05) is 16.3 Å². The monoisotopic (exact) mass is 333 g/mol. The molecular formula is C14H11ClF3NOS. The van der Waals surface area contributed by atoms with E-state index in [4.69, 9.17) is 17.3 Å². The molecule has 2 N–H and O–H groups in total. The summed E-state index contributed by atoms with van der Waals surface area (Å²) >= 11 is 7.50. The lowest BCUT2D eigenvalue weighted by molar-refractivity contribution is -0.274. The standard InChI is InChI=1S/C14H11ClF3NOS/c15-12-6-3-10(19)7-13(12)21-8-9-1-4-11(5-2-9)20-14(16,17)18/h1-7H,8,19H2. The maximum atomic E-state index is 12.0. The first-order chi connectivity index (χ1) is 9.83. The second-order valence-corrected chi connectivity index (χ2v) is 5.59. The van der Waals surface area contributed by atoms with Gasteiger partial charge in [-0.15, -0.1) is 24.9 Å². The van der Waals surface area contributed by atoms with E-state index in [9.17, 15) is 13.2 Å². The SMILES string of the molecule is Nc1ccc(Cl)c(SCc2ccc(OC(F)(F)F)cc2)c1. The third kappa shape index (κ3) is 5.06. The van der Waals surface area contributed by atoms with Crippen LogP contribution in [0.25, 0.3) is 0 Å². The Hall–Kier alpha value is -1.53. The number of nitrogen functional groups attached to an aromatic ring is 1. The molecule has 2 aromatic rings. The molecule has 0 saturated carbocycles. The summed E-state index contributed by atoms with van der Waals surface area (Å²) in [6, 6.07) is 10.9. The summed E-state index contributed by atoms with van der Waals surface area (Å²) in [5.74, 6) is 0.327. The molecular weight excluding hydrogens is 323 g/mol. The molecule has 2 rings (SSSR count). The van der Waals surface area contributed by atoms with E-state index in [1.165, 1.54) is 23.9 Å². The number of anilines is 1. The fraction of sp³-hybridized carbons (Fsp3) is 0.143. The normalized spacial score (nSPS) is 11.4. The average molecular weight is 334 g/mol. The van der Waals surface area contributed by atoms with Gasteiger partial charge in [-0.2, -0.15) is 0 Å². The van der Waals surface area contributed by atoms with Crippen LogP contribution < -0.4 is 10.5 Å². The Morgan fingerprint density at radius 3 is 2.38 bits per heavy atom. The Balaban J connectivity index is 1.99. The van der Waals surface area contributed by atoms with Crippen LogP contribution in [0.4, 0.5) is 18.9 Å². The van der Waals surface area contributed by atoms with Crippen molar-refractivity contribution >= 4 is 29.1 Å². The summed E-state index contributed by atoms with van der Waals surface area (Å²) in [4.78, 5) is 0.826. The smallest absolute Gasteiger partial charge is 0.406 e. The van der Waals surface area contributed by atoms with Gasteiger partial charge in [-0.25, -0.2) is 0 Å². The number of nitrogens with two attached hydrogens (primary N) is 1. The van der Waals surface area contributed by atoms with E-state index >= 15 is 0 Å². The molecule has 0 radical (unpaired) electrons. The number of alkyl halides is 3. The highest BCUT2D eigenvalue weighted by Crippen LogP contribution is 2.32. The highest BCUT2D eigenvalue weighted by Gasteiger charge is 2.30. The minimum absolute atomic E-state index is 0.238. The predicted octanol–water partition coefficient (Wildman–Crippen LogP) is 5.11. The number of ether oxygens (including phenoxy) is 1. The van der Waals surface area contributed by atoms with Crippen molar-refractivity contribution in [3.8, 4) is 5.75 Å². The molecule has 0 amide bonds. The van der Waals surface area contributed by atoms with Crippen molar-refractivity contribution in [2.45, 2.75) is 17.0 Å². The molecule has 0 unspecified atom stereocenters. The summed E-state index contributed by atoms with van der Waals surface area (Å²) in [6.45, 7) is 0. The van der Waals surface area contributed by atoms with E-state index in [1.807, 2.05) is 0 Å². The number of rotatable bonds is 4. The predicted molar refractivity (Wildman–Crippen MR) is 78.6 cm³/mol. The molecule has 0 aromatic heterocycles. The average Bonchev–Trinajstić information content (AvgIpc) is 2.40. The van der Waals surface area contributed by atoms with Gasteiger partial charge >= 0.3 is 6.36 Å². The van der Waals surface area contributed by atoms with Crippen molar-refractivity contribution in [3.63, 3.8) is 0 Å². The molecule has 2 aromatic carbocycles. The maximum Gasteiger partial charge on any atom is 0.573 e. The summed E-state index contributed by atoms with van der Waals surface area (Å²) < 4.78 is 39.9. The lowest BCUT2D eigenvalue weighted by atomic mass is 10.2. The van der Waals surface area contributed by atoms with Crippen LogP contribution >= 0.6 is 23.4 Å². The molecule has 2 nitrogen and oxygen atoms in total. The largest absolute Gasteiger partial charge is 0.573 e. The fourth-order valence-corrected chi connectivity index (χ4v) is 2.80. The van der Waals surface area contributed by atoms with Crippen LogP contribution in [0.5, 0.6) is 5.75 Å². The Labute approximate surface area is 129 Å². The topological polar surface area (TPSA) is 35.2 Å². The zero-order valence-corrected chi connectivity index (χ0v) is 12.2. The van der Waals surface area contributed by atoms with Gasteiger partial charge in [0.15, 0.2) is 0 Å². The van der Waals surface area contributed by atoms with Gasteiger partial charge in [0.05, 0.1) is 5.02 Å². The van der Waals surface area contributed by atoms with E-state index in [1.54, 1.807) is 30.3 Å². The van der Waals surface area contributed by atoms with E-state index in [-0.39, 0.29) is 5.75 Å². The number of thioether (sulfide) groups is 1. The number of hydrogen-bond acceptors (Lipinski definition) is 3. The first-order valence-corrected chi connectivity index (χ1v) is 7.22. The number of benzene rings is 2. The summed E-state index contributed by atoms with van der Waals surface area (Å²) in [7, 11) is 0. The molecule has 0 bridgehead atoms. The Bertz CT molecular complexity index is 617. The van der Waals surface area contributed by atoms with Gasteiger partial charge in [0.25, 0.3) is 0 Å². The van der Waals surface area contributed by atoms with Crippen LogP contribution in [-0.2, 0) is 5.75 Å². The third-order valence-corrected chi connectivity index (χ3v) is 4.07. The first-order valence-electron chi connectivity index (χ1n) is 5.86. The van der Waals surface area contributed by atoms with E-state index in [0.717, 1.165) is 10.5 Å². The highest BCUT2D eigenvalue weighted by molar-refractivity contribution is 7.98. The van der Waals surface area contributed by atoms with Crippen LogP contribution in [-0.4, -0.2) is 6.36 Å². The van der Waals surface area contributed by atoms with Gasteiger partial charge < -0.3 is 10.5 Å². The first kappa shape index (κ1) is 15.9. The zero-order valence-electron chi connectivity index (χ0n) is 10.7. The molecule has 0 aliphatic rings. The molecule has 0 atom stereocenters. The lowest BCUT2D eigenvalue weighted by Gasteiger charge is -2.09. The molecule has 0 aliphatic heterocycles. The molecule has 0 aliphatic carbocycles. The Kier molecular flexibility index (Phi) is 4.90. The summed E-state index contributed by atoms with van der Waals surface area (Å²) in [5, 5.41) is 0.589. The molecule has 0 spiro atoms. The van der Waals surface area contributed by atoms with Crippen molar-refractivity contribution in [3.05, 3.63) is 53.1 Å². The van der Waals surface area contributed by atoms with Crippen LogP contribution in [0.15, 0.2) is 47.4 Å². The van der Waals surface area contributed by atoms with Crippen molar-refractivity contribution in [1.29, 1.82) is 0 Å². The van der Waals surface area contributed by atoms with Gasteiger partial charge in [-0.1, -0.05) is 23.7 Å². The highest BCUT2D eigenvalue weighted by atomic mass is 35.5. The molecule has 0 saturated heterocycles. The minimum atomic E-state index is -4.68. The second-order valence-electron chi connectivity index (χ2n) is 4.17. The summed E-state index contributed by atoms with van der Waals surface area (Å²) in [5.41, 5.74) is 7.14. The number of halogens is 4. The number of hydrogen-bond donors (Lipinski definition) is 1. The Morgan fingerprint density at radius 1 is 1.10 bits per heavy atom. The van der Waals surface area contributed by atoms with Crippen LogP contribution in [0, 0.1) is 0 Å². The molecule has 0 heterocycles. The van der Waals surface area contributed by atoms with E-state index in [0.29, 0.717) is 16.5 Å². The molecule has 7 heteroatoms. The van der Waals surface area contributed by atoms with Gasteiger partial charge in [-0.05, 0) is 35.9 Å². The molecule has 0 fully saturated rings. The summed E-state index contributed by atoms with van der Waals surface area (Å²) in [6.07, 6.45) is -4.68. The second kappa shape index (κ2) is 6.49. The molecule has 21 heavy (non-hydrogen) atoms. The van der Waals surface area contributed by atoms with Gasteiger partial charge in [0.1, 0.15) is 5.75 Å². The zero-order chi connectivity index (χ0) is 15.5. The van der Waals surface area contributed by atoms with Crippen molar-refractivity contribution in [2.75, 3.05) is 5.73 Å². The quantitative estimate of drug-likeness (QED) is 0.623. The van der Waals surface area contributed by atoms with Gasteiger partial charge in [0.2, 0.25) is 0 Å².